The molecule has 0 spiro atoms. The molecular weight excluding hydrogens is 270 g/mol. The summed E-state index contributed by atoms with van der Waals surface area (Å²) in [5.74, 6) is -0.503. The van der Waals surface area contributed by atoms with Crippen LogP contribution in [-0.2, 0) is 4.79 Å². The lowest BCUT2D eigenvalue weighted by molar-refractivity contribution is -0.129. The smallest absolute Gasteiger partial charge is 0.273 e. The Morgan fingerprint density at radius 1 is 1.14 bits per heavy atom. The number of nitrogens with two attached hydrogens (primary N) is 1. The van der Waals surface area contributed by atoms with E-state index >= 15 is 0 Å². The molecule has 0 aliphatic heterocycles. The van der Waals surface area contributed by atoms with Gasteiger partial charge < -0.3 is 15.5 Å². The van der Waals surface area contributed by atoms with E-state index < -0.39 is 0 Å². The molecule has 0 unspecified atom stereocenters. The van der Waals surface area contributed by atoms with E-state index in [0.717, 1.165) is 0 Å². The maximum absolute atomic E-state index is 12.5. The maximum atomic E-state index is 12.5. The zero-order chi connectivity index (χ0) is 15.6. The highest BCUT2D eigenvalue weighted by atomic mass is 16.2. The molecule has 110 valence electrons. The summed E-state index contributed by atoms with van der Waals surface area (Å²) in [4.78, 5) is 35.0. The summed E-state index contributed by atoms with van der Waals surface area (Å²) in [6.07, 6.45) is 0. The highest BCUT2D eigenvalue weighted by Crippen LogP contribution is 2.17. The first-order valence-electron chi connectivity index (χ1n) is 6.38. The van der Waals surface area contributed by atoms with Crippen LogP contribution in [0.3, 0.4) is 0 Å². The predicted molar refractivity (Wildman–Crippen MR) is 79.6 cm³/mol. The minimum Gasteiger partial charge on any atom is -0.368 e. The topological polar surface area (TPSA) is 92.4 Å². The predicted octanol–water partition coefficient (Wildman–Crippen LogP) is 0.372. The minimum atomic E-state index is -0.365. The van der Waals surface area contributed by atoms with Crippen LogP contribution < -0.4 is 5.73 Å². The fourth-order valence-electron chi connectivity index (χ4n) is 1.85. The van der Waals surface area contributed by atoms with E-state index in [9.17, 15) is 9.59 Å². The van der Waals surface area contributed by atoms with Gasteiger partial charge >= 0.3 is 0 Å². The number of hydrogen-bond donors (Lipinski definition) is 1. The molecule has 2 amide bonds. The van der Waals surface area contributed by atoms with Crippen molar-refractivity contribution in [1.29, 1.82) is 0 Å². The van der Waals surface area contributed by atoms with Crippen LogP contribution in [0.15, 0.2) is 24.3 Å². The molecule has 7 nitrogen and oxygen atoms in total. The SMILES string of the molecule is CN(C)C(=O)CN(C)C(=O)c1nc(N)nc2ccccc12. The van der Waals surface area contributed by atoms with E-state index in [4.69, 9.17) is 5.73 Å². The van der Waals surface area contributed by atoms with Crippen molar-refractivity contribution in [2.75, 3.05) is 33.4 Å². The molecule has 0 atom stereocenters. The van der Waals surface area contributed by atoms with Crippen LogP contribution in [0.25, 0.3) is 10.9 Å². The van der Waals surface area contributed by atoms with Gasteiger partial charge in [0.2, 0.25) is 11.9 Å². The number of likely N-dealkylation sites (N-methyl/N-ethyl adjacent to an activating group) is 2. The van der Waals surface area contributed by atoms with E-state index in [1.807, 2.05) is 6.07 Å². The maximum Gasteiger partial charge on any atom is 0.273 e. The fraction of sp³-hybridized carbons (Fsp3) is 0.286. The van der Waals surface area contributed by atoms with Crippen molar-refractivity contribution in [1.82, 2.24) is 19.8 Å². The van der Waals surface area contributed by atoms with Crippen LogP contribution in [0.4, 0.5) is 5.95 Å². The zero-order valence-corrected chi connectivity index (χ0v) is 12.2. The number of amides is 2. The number of para-hydroxylation sites is 1. The van der Waals surface area contributed by atoms with Gasteiger partial charge in [0.05, 0.1) is 12.1 Å². The van der Waals surface area contributed by atoms with E-state index in [2.05, 4.69) is 9.97 Å². The first-order valence-corrected chi connectivity index (χ1v) is 6.38. The Bertz CT molecular complexity index is 699. The number of carbonyl (C=O) groups is 2. The van der Waals surface area contributed by atoms with Gasteiger partial charge in [0.15, 0.2) is 0 Å². The monoisotopic (exact) mass is 287 g/mol. The highest BCUT2D eigenvalue weighted by molar-refractivity contribution is 6.05. The van der Waals surface area contributed by atoms with Crippen molar-refractivity contribution in [3.8, 4) is 0 Å². The normalized spacial score (nSPS) is 10.4. The molecule has 1 aromatic heterocycles. The second-order valence-electron chi connectivity index (χ2n) is 4.90. The summed E-state index contributed by atoms with van der Waals surface area (Å²) in [7, 11) is 4.83. The van der Waals surface area contributed by atoms with Crippen LogP contribution in [-0.4, -0.2) is 59.3 Å². The Kier molecular flexibility index (Phi) is 4.02. The molecule has 1 heterocycles. The highest BCUT2D eigenvalue weighted by Gasteiger charge is 2.20. The summed E-state index contributed by atoms with van der Waals surface area (Å²) in [5, 5.41) is 0.612. The van der Waals surface area contributed by atoms with Crippen molar-refractivity contribution in [2.24, 2.45) is 0 Å². The van der Waals surface area contributed by atoms with Gasteiger partial charge in [0.1, 0.15) is 5.69 Å². The summed E-state index contributed by atoms with van der Waals surface area (Å²) in [6, 6.07) is 7.12. The largest absolute Gasteiger partial charge is 0.368 e. The van der Waals surface area contributed by atoms with Gasteiger partial charge in [-0.05, 0) is 6.07 Å². The molecular formula is C14H17N5O2. The Labute approximate surface area is 122 Å². The van der Waals surface area contributed by atoms with E-state index in [0.29, 0.717) is 10.9 Å². The van der Waals surface area contributed by atoms with Crippen LogP contribution in [0.2, 0.25) is 0 Å². The number of nitrogens with zero attached hydrogens (tertiary/aromatic N) is 4. The number of nitrogen functional groups attached to an aromatic ring is 1. The number of hydrogen-bond acceptors (Lipinski definition) is 5. The average molecular weight is 287 g/mol. The molecule has 2 aromatic rings. The van der Waals surface area contributed by atoms with Crippen LogP contribution in [0.1, 0.15) is 10.5 Å². The van der Waals surface area contributed by atoms with Gasteiger partial charge in [-0.1, -0.05) is 18.2 Å². The lowest BCUT2D eigenvalue weighted by Gasteiger charge is -2.19. The second kappa shape index (κ2) is 5.74. The van der Waals surface area contributed by atoms with Gasteiger partial charge in [-0.3, -0.25) is 9.59 Å². The average Bonchev–Trinajstić information content (AvgIpc) is 2.45. The summed E-state index contributed by atoms with van der Waals surface area (Å²) in [5.41, 5.74) is 6.44. The minimum absolute atomic E-state index is 0.0237. The van der Waals surface area contributed by atoms with Crippen LogP contribution >= 0.6 is 0 Å². The molecule has 0 saturated carbocycles. The summed E-state index contributed by atoms with van der Waals surface area (Å²) < 4.78 is 0. The van der Waals surface area contributed by atoms with Crippen molar-refractivity contribution in [3.05, 3.63) is 30.0 Å². The molecule has 0 radical (unpaired) electrons. The standard InChI is InChI=1S/C14H17N5O2/c1-18(2)11(20)8-19(3)13(21)12-9-6-4-5-7-10(9)16-14(15)17-12/h4-7H,8H2,1-3H3,(H2,15,16,17). The quantitative estimate of drug-likeness (QED) is 0.880. The molecule has 1 aromatic carbocycles. The third-order valence-electron chi connectivity index (χ3n) is 3.04. The molecule has 21 heavy (non-hydrogen) atoms. The number of benzene rings is 1. The fourth-order valence-corrected chi connectivity index (χ4v) is 1.85. The van der Waals surface area contributed by atoms with Crippen LogP contribution in [0, 0.1) is 0 Å². The van der Waals surface area contributed by atoms with Gasteiger partial charge in [-0.15, -0.1) is 0 Å². The molecule has 0 saturated heterocycles. The number of carbonyl (C=O) groups excluding carboxylic acids is 2. The van der Waals surface area contributed by atoms with Gasteiger partial charge in [0.25, 0.3) is 5.91 Å². The van der Waals surface area contributed by atoms with E-state index in [1.54, 1.807) is 39.3 Å². The molecule has 2 N–H and O–H groups in total. The molecule has 0 aliphatic rings. The Morgan fingerprint density at radius 2 is 1.81 bits per heavy atom. The molecule has 0 bridgehead atoms. The third-order valence-corrected chi connectivity index (χ3v) is 3.04. The number of fused-ring (bicyclic) bond motifs is 1. The molecule has 0 aliphatic carbocycles. The first-order chi connectivity index (χ1) is 9.90. The van der Waals surface area contributed by atoms with E-state index in [-0.39, 0.29) is 30.0 Å². The van der Waals surface area contributed by atoms with Gasteiger partial charge in [-0.2, -0.15) is 0 Å². The Balaban J connectivity index is 2.37. The van der Waals surface area contributed by atoms with Gasteiger partial charge in [-0.25, -0.2) is 9.97 Å². The van der Waals surface area contributed by atoms with Gasteiger partial charge in [0, 0.05) is 26.5 Å². The first kappa shape index (κ1) is 14.7. The van der Waals surface area contributed by atoms with Crippen molar-refractivity contribution in [3.63, 3.8) is 0 Å². The zero-order valence-electron chi connectivity index (χ0n) is 12.2. The number of aromatic nitrogens is 2. The summed E-state index contributed by atoms with van der Waals surface area (Å²) >= 11 is 0. The third kappa shape index (κ3) is 3.07. The number of anilines is 1. The lowest BCUT2D eigenvalue weighted by atomic mass is 10.1. The van der Waals surface area contributed by atoms with Crippen LogP contribution in [0.5, 0.6) is 0 Å². The van der Waals surface area contributed by atoms with Crippen molar-refractivity contribution >= 4 is 28.7 Å². The Hall–Kier alpha value is -2.70. The Morgan fingerprint density at radius 3 is 2.48 bits per heavy atom. The lowest BCUT2D eigenvalue weighted by Crippen LogP contribution is -2.38. The van der Waals surface area contributed by atoms with E-state index in [1.165, 1.54) is 9.80 Å². The number of rotatable bonds is 3. The second-order valence-corrected chi connectivity index (χ2v) is 4.90. The summed E-state index contributed by atoms with van der Waals surface area (Å²) in [6.45, 7) is -0.0237. The van der Waals surface area contributed by atoms with Crippen molar-refractivity contribution in [2.45, 2.75) is 0 Å². The molecule has 7 heteroatoms. The molecule has 0 fully saturated rings. The molecule has 2 rings (SSSR count). The van der Waals surface area contributed by atoms with Crippen molar-refractivity contribution < 1.29 is 9.59 Å².